The van der Waals surface area contributed by atoms with Crippen molar-refractivity contribution in [1.29, 1.82) is 0 Å². The minimum absolute atomic E-state index is 0.0611. The molecule has 0 saturated heterocycles. The van der Waals surface area contributed by atoms with Crippen LogP contribution in [0.1, 0.15) is 46.0 Å². The molecule has 1 rings (SSSR count). The Morgan fingerprint density at radius 1 is 1.11 bits per heavy atom. The van der Waals surface area contributed by atoms with Crippen LogP contribution in [-0.4, -0.2) is 29.9 Å². The molecular formula is C14H20O5. The summed E-state index contributed by atoms with van der Waals surface area (Å²) in [5.74, 6) is -3.56. The molecule has 0 spiro atoms. The van der Waals surface area contributed by atoms with E-state index >= 15 is 0 Å². The van der Waals surface area contributed by atoms with Crippen molar-refractivity contribution in [2.24, 2.45) is 11.8 Å². The van der Waals surface area contributed by atoms with Gasteiger partial charge in [-0.3, -0.25) is 19.2 Å². The van der Waals surface area contributed by atoms with Crippen LogP contribution >= 0.6 is 0 Å². The van der Waals surface area contributed by atoms with E-state index in [0.29, 0.717) is 12.8 Å². The second-order valence-corrected chi connectivity index (χ2v) is 4.85. The van der Waals surface area contributed by atoms with Gasteiger partial charge in [0, 0.05) is 19.3 Å². The van der Waals surface area contributed by atoms with Gasteiger partial charge >= 0.3 is 5.97 Å². The highest BCUT2D eigenvalue weighted by atomic mass is 16.5. The van der Waals surface area contributed by atoms with E-state index < -0.39 is 29.4 Å². The summed E-state index contributed by atoms with van der Waals surface area (Å²) >= 11 is 0. The number of carbonyl (C=O) groups is 4. The van der Waals surface area contributed by atoms with Gasteiger partial charge in [-0.25, -0.2) is 0 Å². The first-order chi connectivity index (χ1) is 9.01. The maximum Gasteiger partial charge on any atom is 0.309 e. The van der Waals surface area contributed by atoms with Gasteiger partial charge in [0.2, 0.25) is 0 Å². The molecule has 1 aliphatic rings. The van der Waals surface area contributed by atoms with Gasteiger partial charge < -0.3 is 4.74 Å². The van der Waals surface area contributed by atoms with Gasteiger partial charge in [-0.1, -0.05) is 13.8 Å². The van der Waals surface area contributed by atoms with Crippen LogP contribution in [0.25, 0.3) is 0 Å². The molecule has 0 atom stereocenters. The van der Waals surface area contributed by atoms with Crippen molar-refractivity contribution in [2.75, 3.05) is 6.61 Å². The summed E-state index contributed by atoms with van der Waals surface area (Å²) in [6.07, 6.45) is 1.41. The third-order valence-corrected chi connectivity index (χ3v) is 3.14. The fraction of sp³-hybridized carbons (Fsp3) is 0.714. The van der Waals surface area contributed by atoms with Crippen LogP contribution in [-0.2, 0) is 23.9 Å². The van der Waals surface area contributed by atoms with E-state index in [1.807, 2.05) is 13.8 Å². The first kappa shape index (κ1) is 15.5. The van der Waals surface area contributed by atoms with Crippen molar-refractivity contribution in [3.63, 3.8) is 0 Å². The van der Waals surface area contributed by atoms with Crippen LogP contribution < -0.4 is 0 Å². The molecule has 0 aromatic carbocycles. The molecule has 5 nitrogen and oxygen atoms in total. The van der Waals surface area contributed by atoms with E-state index in [2.05, 4.69) is 0 Å². The fourth-order valence-electron chi connectivity index (χ4n) is 2.21. The second-order valence-electron chi connectivity index (χ2n) is 4.85. The molecule has 1 aliphatic carbocycles. The molecule has 1 fully saturated rings. The normalized spacial score (nSPS) is 23.3. The molecular weight excluding hydrogens is 248 g/mol. The minimum atomic E-state index is -1.14. The highest BCUT2D eigenvalue weighted by molar-refractivity contribution is 6.21. The molecule has 106 valence electrons. The van der Waals surface area contributed by atoms with E-state index in [1.54, 1.807) is 0 Å². The largest absolute Gasteiger partial charge is 0.465 e. The van der Waals surface area contributed by atoms with Gasteiger partial charge in [-0.05, 0) is 12.8 Å². The molecule has 19 heavy (non-hydrogen) atoms. The standard InChI is InChI=1S/C14H20O5/c1-3-5-10(15)13-11(16)7-9(8-12(13)17)14(18)19-6-4-2/h9,13H,3-8H2,1-2H3. The molecule has 0 bridgehead atoms. The maximum atomic E-state index is 11.9. The number of hydrogen-bond donors (Lipinski definition) is 0. The molecule has 0 aromatic rings. The zero-order valence-corrected chi connectivity index (χ0v) is 11.4. The first-order valence-electron chi connectivity index (χ1n) is 6.76. The molecule has 0 heterocycles. The molecule has 0 aromatic heterocycles. The van der Waals surface area contributed by atoms with Crippen LogP contribution in [0.2, 0.25) is 0 Å². The van der Waals surface area contributed by atoms with Gasteiger partial charge in [0.15, 0.2) is 17.3 Å². The molecule has 0 radical (unpaired) electrons. The van der Waals surface area contributed by atoms with Gasteiger partial charge in [0.1, 0.15) is 5.92 Å². The molecule has 1 saturated carbocycles. The molecule has 0 aliphatic heterocycles. The van der Waals surface area contributed by atoms with E-state index in [9.17, 15) is 19.2 Å². The van der Waals surface area contributed by atoms with E-state index in [0.717, 1.165) is 0 Å². The Kier molecular flexibility index (Phi) is 5.86. The van der Waals surface area contributed by atoms with E-state index in [-0.39, 0.29) is 31.7 Å². The monoisotopic (exact) mass is 268 g/mol. The highest BCUT2D eigenvalue weighted by Gasteiger charge is 2.42. The molecule has 0 N–H and O–H groups in total. The molecule has 0 unspecified atom stereocenters. The van der Waals surface area contributed by atoms with Gasteiger partial charge in [0.25, 0.3) is 0 Å². The average molecular weight is 268 g/mol. The van der Waals surface area contributed by atoms with Crippen LogP contribution in [0, 0.1) is 11.8 Å². The smallest absolute Gasteiger partial charge is 0.309 e. The van der Waals surface area contributed by atoms with Gasteiger partial charge in [0.05, 0.1) is 12.5 Å². The van der Waals surface area contributed by atoms with Crippen molar-refractivity contribution in [2.45, 2.75) is 46.0 Å². The zero-order valence-electron chi connectivity index (χ0n) is 11.4. The summed E-state index contributed by atoms with van der Waals surface area (Å²) in [6.45, 7) is 3.97. The second kappa shape index (κ2) is 7.16. The fourth-order valence-corrected chi connectivity index (χ4v) is 2.21. The summed E-state index contributed by atoms with van der Waals surface area (Å²) in [7, 11) is 0. The summed E-state index contributed by atoms with van der Waals surface area (Å²) < 4.78 is 4.94. The van der Waals surface area contributed by atoms with Gasteiger partial charge in [-0.15, -0.1) is 0 Å². The number of hydrogen-bond acceptors (Lipinski definition) is 5. The summed E-state index contributed by atoms with van der Waals surface area (Å²) in [4.78, 5) is 47.1. The van der Waals surface area contributed by atoms with E-state index in [1.165, 1.54) is 0 Å². The lowest BCUT2D eigenvalue weighted by molar-refractivity contribution is -0.156. The quantitative estimate of drug-likeness (QED) is 0.538. The minimum Gasteiger partial charge on any atom is -0.465 e. The average Bonchev–Trinajstić information content (AvgIpc) is 2.35. The van der Waals surface area contributed by atoms with Crippen molar-refractivity contribution < 1.29 is 23.9 Å². The Hall–Kier alpha value is -1.52. The number of carbonyl (C=O) groups excluding carboxylic acids is 4. The number of ether oxygens (including phenoxy) is 1. The van der Waals surface area contributed by atoms with Crippen molar-refractivity contribution in [3.05, 3.63) is 0 Å². The van der Waals surface area contributed by atoms with Crippen LogP contribution in [0.3, 0.4) is 0 Å². The Morgan fingerprint density at radius 2 is 1.68 bits per heavy atom. The Balaban J connectivity index is 2.66. The third kappa shape index (κ3) is 3.98. The number of ketones is 3. The van der Waals surface area contributed by atoms with Crippen LogP contribution in [0.5, 0.6) is 0 Å². The highest BCUT2D eigenvalue weighted by Crippen LogP contribution is 2.26. The lowest BCUT2D eigenvalue weighted by Gasteiger charge is -2.24. The molecule has 5 heteroatoms. The summed E-state index contributed by atoms with van der Waals surface area (Å²) in [5.41, 5.74) is 0. The summed E-state index contributed by atoms with van der Waals surface area (Å²) in [5, 5.41) is 0. The van der Waals surface area contributed by atoms with Crippen LogP contribution in [0.15, 0.2) is 0 Å². The lowest BCUT2D eigenvalue weighted by atomic mass is 9.77. The Labute approximate surface area is 112 Å². The number of rotatable bonds is 6. The lowest BCUT2D eigenvalue weighted by Crippen LogP contribution is -2.41. The maximum absolute atomic E-state index is 11.9. The number of Topliss-reactive ketones (excluding diaryl/α,β-unsaturated/α-hetero) is 3. The van der Waals surface area contributed by atoms with Crippen LogP contribution in [0.4, 0.5) is 0 Å². The SMILES string of the molecule is CCCOC(=O)C1CC(=O)C(C(=O)CCC)C(=O)C1. The number of esters is 1. The van der Waals surface area contributed by atoms with Gasteiger partial charge in [-0.2, -0.15) is 0 Å². The van der Waals surface area contributed by atoms with E-state index in [4.69, 9.17) is 4.74 Å². The third-order valence-electron chi connectivity index (χ3n) is 3.14. The van der Waals surface area contributed by atoms with Crippen molar-refractivity contribution in [3.8, 4) is 0 Å². The predicted octanol–water partition coefficient (Wildman–Crippen LogP) is 1.47. The Morgan fingerprint density at radius 3 is 2.16 bits per heavy atom. The molecule has 0 amide bonds. The predicted molar refractivity (Wildman–Crippen MR) is 67.4 cm³/mol. The summed E-state index contributed by atoms with van der Waals surface area (Å²) in [6, 6.07) is 0. The van der Waals surface area contributed by atoms with Crippen molar-refractivity contribution in [1.82, 2.24) is 0 Å². The van der Waals surface area contributed by atoms with Crippen molar-refractivity contribution >= 4 is 23.3 Å². The first-order valence-corrected chi connectivity index (χ1v) is 6.76. The zero-order chi connectivity index (χ0) is 14.4. The topological polar surface area (TPSA) is 77.5 Å². The Bertz CT molecular complexity index is 367.